The van der Waals surface area contributed by atoms with Crippen molar-refractivity contribution in [1.29, 1.82) is 0 Å². The smallest absolute Gasteiger partial charge is 0.139 e. The average molecular weight is 236 g/mol. The molecule has 1 aromatic rings. The molecule has 0 saturated carbocycles. The Morgan fingerprint density at radius 2 is 1.65 bits per heavy atom. The van der Waals surface area contributed by atoms with E-state index in [4.69, 9.17) is 9.47 Å². The molecule has 0 amide bonds. The van der Waals surface area contributed by atoms with E-state index in [1.165, 1.54) is 0 Å². The molecule has 0 unspecified atom stereocenters. The van der Waals surface area contributed by atoms with Crippen molar-refractivity contribution < 1.29 is 14.3 Å². The fraction of sp³-hybridized carbons (Fsp3) is 0.500. The van der Waals surface area contributed by atoms with Crippen LogP contribution in [0.5, 0.6) is 11.5 Å². The highest BCUT2D eigenvalue weighted by atomic mass is 16.5. The number of hydrogen-bond donors (Lipinski definition) is 0. The first-order valence-electron chi connectivity index (χ1n) is 5.58. The summed E-state index contributed by atoms with van der Waals surface area (Å²) in [5.41, 5.74) is 1.27. The molecule has 0 N–H and O–H groups in total. The van der Waals surface area contributed by atoms with Crippen LogP contribution in [-0.4, -0.2) is 20.0 Å². The minimum Gasteiger partial charge on any atom is -0.496 e. The number of benzene rings is 1. The molecule has 3 heteroatoms. The van der Waals surface area contributed by atoms with Crippen molar-refractivity contribution in [3.05, 3.63) is 23.3 Å². The number of ether oxygens (including phenoxy) is 2. The first-order chi connectivity index (χ1) is 7.84. The zero-order chi connectivity index (χ0) is 13.2. The topological polar surface area (TPSA) is 35.5 Å². The maximum absolute atomic E-state index is 11.7. The average Bonchev–Trinajstić information content (AvgIpc) is 2.27. The molecule has 1 rings (SSSR count). The lowest BCUT2D eigenvalue weighted by Crippen LogP contribution is -2.27. The third-order valence-electron chi connectivity index (χ3n) is 3.27. The van der Waals surface area contributed by atoms with E-state index in [1.54, 1.807) is 21.1 Å². The lowest BCUT2D eigenvalue weighted by Gasteiger charge is -2.25. The molecule has 3 nitrogen and oxygen atoms in total. The van der Waals surface area contributed by atoms with E-state index < -0.39 is 5.41 Å². The third kappa shape index (κ3) is 2.43. The Hall–Kier alpha value is -1.51. The predicted octanol–water partition coefficient (Wildman–Crippen LogP) is 2.88. The first-order valence-corrected chi connectivity index (χ1v) is 5.58. The van der Waals surface area contributed by atoms with Gasteiger partial charge in [0.25, 0.3) is 0 Å². The van der Waals surface area contributed by atoms with Gasteiger partial charge in [0.2, 0.25) is 0 Å². The highest BCUT2D eigenvalue weighted by molar-refractivity contribution is 5.88. The van der Waals surface area contributed by atoms with Crippen molar-refractivity contribution >= 4 is 5.78 Å². The van der Waals surface area contributed by atoms with Gasteiger partial charge in [0.05, 0.1) is 19.6 Å². The zero-order valence-corrected chi connectivity index (χ0v) is 11.4. The van der Waals surface area contributed by atoms with Crippen molar-refractivity contribution in [1.82, 2.24) is 0 Å². The van der Waals surface area contributed by atoms with Crippen LogP contribution in [0.25, 0.3) is 0 Å². The Morgan fingerprint density at radius 1 is 1.12 bits per heavy atom. The van der Waals surface area contributed by atoms with Crippen LogP contribution in [0.2, 0.25) is 0 Å². The molecule has 17 heavy (non-hydrogen) atoms. The summed E-state index contributed by atoms with van der Waals surface area (Å²) >= 11 is 0. The Balaban J connectivity index is 3.45. The van der Waals surface area contributed by atoms with E-state index >= 15 is 0 Å². The molecule has 0 bridgehead atoms. The fourth-order valence-electron chi connectivity index (χ4n) is 1.73. The maximum Gasteiger partial charge on any atom is 0.139 e. The summed E-state index contributed by atoms with van der Waals surface area (Å²) in [6.45, 7) is 7.32. The number of aryl methyl sites for hydroxylation is 1. The zero-order valence-electron chi connectivity index (χ0n) is 11.4. The number of ketones is 1. The van der Waals surface area contributed by atoms with Crippen molar-refractivity contribution in [2.45, 2.75) is 33.1 Å². The molecule has 0 aliphatic heterocycles. The second-order valence-corrected chi connectivity index (χ2v) is 4.70. The first kappa shape index (κ1) is 13.6. The van der Waals surface area contributed by atoms with Crippen LogP contribution >= 0.6 is 0 Å². The number of methoxy groups -OCH3 is 2. The van der Waals surface area contributed by atoms with Gasteiger partial charge in [-0.3, -0.25) is 4.79 Å². The monoisotopic (exact) mass is 236 g/mol. The van der Waals surface area contributed by atoms with Gasteiger partial charge in [0, 0.05) is 5.56 Å². The maximum atomic E-state index is 11.7. The van der Waals surface area contributed by atoms with Gasteiger partial charge in [-0.25, -0.2) is 0 Å². The lowest BCUT2D eigenvalue weighted by atomic mass is 9.80. The van der Waals surface area contributed by atoms with Gasteiger partial charge in [-0.1, -0.05) is 0 Å². The lowest BCUT2D eigenvalue weighted by molar-refractivity contribution is -0.121. The molecule has 0 saturated heterocycles. The number of rotatable bonds is 4. The summed E-state index contributed by atoms with van der Waals surface area (Å²) in [5, 5.41) is 0. The van der Waals surface area contributed by atoms with Gasteiger partial charge in [-0.15, -0.1) is 0 Å². The summed E-state index contributed by atoms with van der Waals surface area (Å²) in [5.74, 6) is 1.60. The van der Waals surface area contributed by atoms with Gasteiger partial charge in [0.15, 0.2) is 0 Å². The molecule has 0 spiro atoms. The molecule has 94 valence electrons. The summed E-state index contributed by atoms with van der Waals surface area (Å²) in [6.07, 6.45) is 0. The molecule has 0 atom stereocenters. The van der Waals surface area contributed by atoms with Gasteiger partial charge in [-0.2, -0.15) is 0 Å². The molecule has 1 aromatic carbocycles. The van der Waals surface area contributed by atoms with Crippen LogP contribution in [0.15, 0.2) is 12.1 Å². The van der Waals surface area contributed by atoms with E-state index in [0.717, 1.165) is 22.6 Å². The molecule has 0 radical (unpaired) electrons. The van der Waals surface area contributed by atoms with Crippen LogP contribution in [0.1, 0.15) is 31.9 Å². The van der Waals surface area contributed by atoms with Gasteiger partial charge in [-0.05, 0) is 45.4 Å². The fourth-order valence-corrected chi connectivity index (χ4v) is 1.73. The molecule has 0 heterocycles. The minimum atomic E-state index is -0.577. The quantitative estimate of drug-likeness (QED) is 0.806. The number of hydrogen-bond acceptors (Lipinski definition) is 3. The Labute approximate surface area is 103 Å². The van der Waals surface area contributed by atoms with Gasteiger partial charge in [0.1, 0.15) is 17.3 Å². The Bertz CT molecular complexity index is 433. The third-order valence-corrected chi connectivity index (χ3v) is 3.27. The van der Waals surface area contributed by atoms with Crippen molar-refractivity contribution in [2.24, 2.45) is 0 Å². The highest BCUT2D eigenvalue weighted by Gasteiger charge is 2.30. The summed E-state index contributed by atoms with van der Waals surface area (Å²) in [7, 11) is 3.24. The molecule has 0 aliphatic carbocycles. The van der Waals surface area contributed by atoms with Crippen LogP contribution < -0.4 is 9.47 Å². The predicted molar refractivity (Wildman–Crippen MR) is 68.0 cm³/mol. The molecular formula is C14H20O3. The number of carbonyl (C=O) groups excluding carboxylic acids is 1. The van der Waals surface area contributed by atoms with Crippen molar-refractivity contribution in [3.63, 3.8) is 0 Å². The van der Waals surface area contributed by atoms with Gasteiger partial charge >= 0.3 is 0 Å². The van der Waals surface area contributed by atoms with Crippen LogP contribution in [-0.2, 0) is 10.2 Å². The van der Waals surface area contributed by atoms with E-state index in [0.29, 0.717) is 0 Å². The second kappa shape index (κ2) is 4.78. The Morgan fingerprint density at radius 3 is 2.06 bits per heavy atom. The molecule has 0 aliphatic rings. The molecule has 0 aromatic heterocycles. The summed E-state index contributed by atoms with van der Waals surface area (Å²) in [6, 6.07) is 3.79. The van der Waals surface area contributed by atoms with Crippen LogP contribution in [0.3, 0.4) is 0 Å². The van der Waals surface area contributed by atoms with Crippen LogP contribution in [0.4, 0.5) is 0 Å². The standard InChI is InChI=1S/C14H20O3/c1-9-7-13(17-6)11(8-12(9)16-5)14(3,4)10(2)15/h7-8H,1-6H3. The van der Waals surface area contributed by atoms with Crippen molar-refractivity contribution in [2.75, 3.05) is 14.2 Å². The SMILES string of the molecule is COc1cc(C(C)(C)C(C)=O)c(OC)cc1C. The number of Topliss-reactive ketones (excluding diaryl/α,β-unsaturated/α-hetero) is 1. The molecular weight excluding hydrogens is 216 g/mol. The van der Waals surface area contributed by atoms with E-state index in [1.807, 2.05) is 32.9 Å². The van der Waals surface area contributed by atoms with Crippen LogP contribution in [0, 0.1) is 6.92 Å². The normalized spacial score (nSPS) is 11.2. The number of carbonyl (C=O) groups is 1. The van der Waals surface area contributed by atoms with E-state index in [-0.39, 0.29) is 5.78 Å². The summed E-state index contributed by atoms with van der Waals surface area (Å²) < 4.78 is 10.6. The molecule has 0 fully saturated rings. The minimum absolute atomic E-state index is 0.0988. The largest absolute Gasteiger partial charge is 0.496 e. The van der Waals surface area contributed by atoms with Crippen molar-refractivity contribution in [3.8, 4) is 11.5 Å². The second-order valence-electron chi connectivity index (χ2n) is 4.70. The Kier molecular flexibility index (Phi) is 3.81. The van der Waals surface area contributed by atoms with E-state index in [9.17, 15) is 4.79 Å². The van der Waals surface area contributed by atoms with E-state index in [2.05, 4.69) is 0 Å². The summed E-state index contributed by atoms with van der Waals surface area (Å²) in [4.78, 5) is 11.7. The van der Waals surface area contributed by atoms with Gasteiger partial charge < -0.3 is 9.47 Å². The highest BCUT2D eigenvalue weighted by Crippen LogP contribution is 2.37.